The molecule has 6 heteroatoms. The smallest absolute Gasteiger partial charge is 0.161 e. The van der Waals surface area contributed by atoms with E-state index in [9.17, 15) is 0 Å². The highest BCUT2D eigenvalue weighted by molar-refractivity contribution is 5.43. The van der Waals surface area contributed by atoms with Crippen LogP contribution < -0.4 is 14.8 Å². The summed E-state index contributed by atoms with van der Waals surface area (Å²) in [6.45, 7) is 2.97. The van der Waals surface area contributed by atoms with Crippen LogP contribution in [0, 0.1) is 0 Å². The van der Waals surface area contributed by atoms with E-state index >= 15 is 0 Å². The summed E-state index contributed by atoms with van der Waals surface area (Å²) in [5.41, 5.74) is 1.23. The van der Waals surface area contributed by atoms with Crippen LogP contribution in [0.2, 0.25) is 0 Å². The number of aromatic nitrogens is 2. The summed E-state index contributed by atoms with van der Waals surface area (Å²) < 4.78 is 10.7. The van der Waals surface area contributed by atoms with E-state index in [4.69, 9.17) is 9.47 Å². The van der Waals surface area contributed by atoms with Gasteiger partial charge in [-0.1, -0.05) is 6.07 Å². The lowest BCUT2D eigenvalue weighted by atomic mass is 10.2. The molecule has 6 nitrogen and oxygen atoms in total. The fraction of sp³-hybridized carbons (Fsp3) is 0.412. The highest BCUT2D eigenvalue weighted by atomic mass is 16.5. The molecule has 1 aromatic carbocycles. The number of anilines is 1. The number of likely N-dealkylation sites (tertiary alicyclic amines) is 1. The molecule has 1 fully saturated rings. The van der Waals surface area contributed by atoms with Crippen molar-refractivity contribution >= 4 is 5.82 Å². The molecule has 0 amide bonds. The van der Waals surface area contributed by atoms with Crippen LogP contribution in [-0.2, 0) is 6.54 Å². The van der Waals surface area contributed by atoms with Crippen LogP contribution in [0.25, 0.3) is 0 Å². The van der Waals surface area contributed by atoms with Gasteiger partial charge in [-0.3, -0.25) is 4.90 Å². The van der Waals surface area contributed by atoms with Crippen molar-refractivity contribution in [3.63, 3.8) is 0 Å². The molecule has 0 bridgehead atoms. The minimum Gasteiger partial charge on any atom is -0.493 e. The van der Waals surface area contributed by atoms with E-state index in [2.05, 4.69) is 26.3 Å². The molecule has 0 spiro atoms. The zero-order valence-corrected chi connectivity index (χ0v) is 13.5. The predicted molar refractivity (Wildman–Crippen MR) is 88.9 cm³/mol. The first-order valence-corrected chi connectivity index (χ1v) is 7.74. The number of rotatable bonds is 6. The van der Waals surface area contributed by atoms with Gasteiger partial charge < -0.3 is 14.8 Å². The molecule has 1 aromatic heterocycles. The van der Waals surface area contributed by atoms with Crippen molar-refractivity contribution < 1.29 is 9.47 Å². The molecule has 2 aromatic rings. The number of hydrogen-bond acceptors (Lipinski definition) is 6. The quantitative estimate of drug-likeness (QED) is 0.882. The number of nitrogens with one attached hydrogen (secondary N) is 1. The summed E-state index contributed by atoms with van der Waals surface area (Å²) in [6, 6.07) is 8.42. The van der Waals surface area contributed by atoms with E-state index < -0.39 is 0 Å². The fourth-order valence-corrected chi connectivity index (χ4v) is 2.92. The van der Waals surface area contributed by atoms with Crippen molar-refractivity contribution in [1.29, 1.82) is 0 Å². The van der Waals surface area contributed by atoms with E-state index in [0.29, 0.717) is 6.04 Å². The minimum absolute atomic E-state index is 0.421. The maximum Gasteiger partial charge on any atom is 0.161 e. The zero-order valence-electron chi connectivity index (χ0n) is 13.5. The van der Waals surface area contributed by atoms with Crippen molar-refractivity contribution in [1.82, 2.24) is 14.9 Å². The van der Waals surface area contributed by atoms with Gasteiger partial charge in [0.2, 0.25) is 0 Å². The lowest BCUT2D eigenvalue weighted by Gasteiger charge is -2.18. The first kappa shape index (κ1) is 15.6. The van der Waals surface area contributed by atoms with Gasteiger partial charge >= 0.3 is 0 Å². The summed E-state index contributed by atoms with van der Waals surface area (Å²) in [7, 11) is 3.32. The van der Waals surface area contributed by atoms with Gasteiger partial charge in [-0.15, -0.1) is 0 Å². The first-order valence-electron chi connectivity index (χ1n) is 7.74. The molecular weight excluding hydrogens is 292 g/mol. The highest BCUT2D eigenvalue weighted by Gasteiger charge is 2.22. The number of hydrogen-bond donors (Lipinski definition) is 1. The van der Waals surface area contributed by atoms with E-state index in [-0.39, 0.29) is 0 Å². The fourth-order valence-electron chi connectivity index (χ4n) is 2.92. The Morgan fingerprint density at radius 3 is 2.83 bits per heavy atom. The molecule has 0 radical (unpaired) electrons. The molecule has 1 unspecified atom stereocenters. The van der Waals surface area contributed by atoms with Crippen LogP contribution in [0.4, 0.5) is 5.82 Å². The average molecular weight is 314 g/mol. The van der Waals surface area contributed by atoms with Gasteiger partial charge in [-0.05, 0) is 30.2 Å². The second kappa shape index (κ2) is 7.28. The van der Waals surface area contributed by atoms with Crippen molar-refractivity contribution in [2.75, 3.05) is 32.6 Å². The molecule has 1 saturated heterocycles. The Labute approximate surface area is 136 Å². The first-order chi connectivity index (χ1) is 11.3. The molecule has 1 atom stereocenters. The van der Waals surface area contributed by atoms with Gasteiger partial charge in [0.15, 0.2) is 11.5 Å². The molecular formula is C17H22N4O2. The minimum atomic E-state index is 0.421. The molecule has 1 aliphatic rings. The molecule has 122 valence electrons. The van der Waals surface area contributed by atoms with E-state index in [1.807, 2.05) is 18.2 Å². The van der Waals surface area contributed by atoms with Crippen molar-refractivity contribution in [2.24, 2.45) is 0 Å². The second-order valence-electron chi connectivity index (χ2n) is 5.65. The van der Waals surface area contributed by atoms with E-state index in [0.717, 1.165) is 43.4 Å². The van der Waals surface area contributed by atoms with Crippen LogP contribution in [0.5, 0.6) is 11.5 Å². The SMILES string of the molecule is COc1ccc(CN2CCC(Nc3ccncn3)C2)cc1OC. The van der Waals surface area contributed by atoms with Crippen molar-refractivity contribution in [3.8, 4) is 11.5 Å². The third-order valence-electron chi connectivity index (χ3n) is 4.06. The lowest BCUT2D eigenvalue weighted by Crippen LogP contribution is -2.26. The largest absolute Gasteiger partial charge is 0.493 e. The Kier molecular flexibility index (Phi) is 4.92. The molecule has 1 aliphatic heterocycles. The van der Waals surface area contributed by atoms with Crippen LogP contribution >= 0.6 is 0 Å². The van der Waals surface area contributed by atoms with E-state index in [1.165, 1.54) is 5.56 Å². The van der Waals surface area contributed by atoms with Gasteiger partial charge in [0.05, 0.1) is 14.2 Å². The summed E-state index contributed by atoms with van der Waals surface area (Å²) in [4.78, 5) is 10.6. The Balaban J connectivity index is 1.57. The molecule has 2 heterocycles. The maximum atomic E-state index is 5.37. The lowest BCUT2D eigenvalue weighted by molar-refractivity contribution is 0.325. The molecule has 1 N–H and O–H groups in total. The summed E-state index contributed by atoms with van der Waals surface area (Å²) in [5, 5.41) is 3.46. The summed E-state index contributed by atoms with van der Waals surface area (Å²) in [5.74, 6) is 2.43. The Hall–Kier alpha value is -2.34. The summed E-state index contributed by atoms with van der Waals surface area (Å²) >= 11 is 0. The zero-order chi connectivity index (χ0) is 16.1. The van der Waals surface area contributed by atoms with Crippen LogP contribution in [0.15, 0.2) is 36.8 Å². The van der Waals surface area contributed by atoms with Gasteiger partial charge in [0.25, 0.3) is 0 Å². The predicted octanol–water partition coefficient (Wildman–Crippen LogP) is 2.18. The Morgan fingerprint density at radius 2 is 2.09 bits per heavy atom. The highest BCUT2D eigenvalue weighted by Crippen LogP contribution is 2.28. The number of methoxy groups -OCH3 is 2. The van der Waals surface area contributed by atoms with E-state index in [1.54, 1.807) is 26.7 Å². The molecule has 0 aliphatic carbocycles. The molecule has 3 rings (SSSR count). The third kappa shape index (κ3) is 3.90. The van der Waals surface area contributed by atoms with Gasteiger partial charge in [0.1, 0.15) is 12.1 Å². The average Bonchev–Trinajstić information content (AvgIpc) is 3.02. The monoisotopic (exact) mass is 314 g/mol. The number of nitrogens with zero attached hydrogens (tertiary/aromatic N) is 3. The molecule has 0 saturated carbocycles. The van der Waals surface area contributed by atoms with Gasteiger partial charge in [-0.25, -0.2) is 9.97 Å². The third-order valence-corrected chi connectivity index (χ3v) is 4.06. The standard InChI is InChI=1S/C17H22N4O2/c1-22-15-4-3-13(9-16(15)23-2)10-21-8-6-14(11-21)20-17-5-7-18-12-19-17/h3-5,7,9,12,14H,6,8,10-11H2,1-2H3,(H,18,19,20). The number of benzene rings is 1. The number of ether oxygens (including phenoxy) is 2. The van der Waals surface area contributed by atoms with Crippen LogP contribution in [-0.4, -0.2) is 48.2 Å². The van der Waals surface area contributed by atoms with Crippen LogP contribution in [0.1, 0.15) is 12.0 Å². The van der Waals surface area contributed by atoms with Gasteiger partial charge in [-0.2, -0.15) is 0 Å². The Morgan fingerprint density at radius 1 is 1.22 bits per heavy atom. The summed E-state index contributed by atoms with van der Waals surface area (Å²) in [6.07, 6.45) is 4.43. The normalized spacial score (nSPS) is 17.9. The topological polar surface area (TPSA) is 59.5 Å². The van der Waals surface area contributed by atoms with Crippen molar-refractivity contribution in [3.05, 3.63) is 42.4 Å². The van der Waals surface area contributed by atoms with Crippen molar-refractivity contribution in [2.45, 2.75) is 19.0 Å². The maximum absolute atomic E-state index is 5.37. The molecule has 23 heavy (non-hydrogen) atoms. The Bertz CT molecular complexity index is 636. The second-order valence-corrected chi connectivity index (χ2v) is 5.65. The van der Waals surface area contributed by atoms with Crippen LogP contribution in [0.3, 0.4) is 0 Å². The van der Waals surface area contributed by atoms with Gasteiger partial charge in [0, 0.05) is 31.9 Å².